The van der Waals surface area contributed by atoms with E-state index in [9.17, 15) is 9.59 Å². The molecule has 1 fully saturated rings. The lowest BCUT2D eigenvalue weighted by molar-refractivity contribution is 0.0566. The van der Waals surface area contributed by atoms with Gasteiger partial charge in [0.15, 0.2) is 10.9 Å². The number of amides is 2. The first-order valence-electron chi connectivity index (χ1n) is 11.6. The molecule has 4 aromatic rings. The molecule has 5 rings (SSSR count). The molecule has 0 atom stereocenters. The van der Waals surface area contributed by atoms with E-state index < -0.39 is 0 Å². The molecule has 0 spiro atoms. The predicted molar refractivity (Wildman–Crippen MR) is 140 cm³/mol. The van der Waals surface area contributed by atoms with Crippen molar-refractivity contribution in [1.82, 2.24) is 29.5 Å². The molecule has 0 radical (unpaired) electrons. The molecule has 1 aliphatic heterocycles. The van der Waals surface area contributed by atoms with Crippen molar-refractivity contribution in [2.75, 3.05) is 32.8 Å². The quantitative estimate of drug-likeness (QED) is 0.296. The highest BCUT2D eigenvalue weighted by Crippen LogP contribution is 2.31. The number of thioether (sulfide) groups is 1. The zero-order valence-corrected chi connectivity index (χ0v) is 22.3. The SMILES string of the molecule is CCOC(=O)N1CCN(C(=O)c2csc(CSc3nnc(-c4ccco4)n3-c3ccc(Cl)cc3)n2)CC1. The summed E-state index contributed by atoms with van der Waals surface area (Å²) in [4.78, 5) is 32.8. The van der Waals surface area contributed by atoms with Crippen LogP contribution in [0.4, 0.5) is 4.79 Å². The Morgan fingerprint density at radius 2 is 1.86 bits per heavy atom. The van der Waals surface area contributed by atoms with E-state index in [4.69, 9.17) is 20.8 Å². The molecule has 1 aliphatic rings. The van der Waals surface area contributed by atoms with E-state index in [1.165, 1.54) is 23.1 Å². The summed E-state index contributed by atoms with van der Waals surface area (Å²) >= 11 is 8.98. The summed E-state index contributed by atoms with van der Waals surface area (Å²) < 4.78 is 12.5. The summed E-state index contributed by atoms with van der Waals surface area (Å²) in [6.45, 7) is 3.87. The number of halogens is 1. The molecule has 3 aromatic heterocycles. The normalized spacial score (nSPS) is 13.7. The molecule has 0 bridgehead atoms. The highest BCUT2D eigenvalue weighted by Gasteiger charge is 2.27. The largest absolute Gasteiger partial charge is 0.461 e. The van der Waals surface area contributed by atoms with E-state index in [0.29, 0.717) is 66.0 Å². The fraction of sp³-hybridized carbons (Fsp3) is 0.292. The van der Waals surface area contributed by atoms with Crippen LogP contribution in [0.1, 0.15) is 22.4 Å². The summed E-state index contributed by atoms with van der Waals surface area (Å²) in [5.41, 5.74) is 1.25. The Labute approximate surface area is 226 Å². The number of benzene rings is 1. The molecule has 192 valence electrons. The van der Waals surface area contributed by atoms with Gasteiger partial charge < -0.3 is 19.0 Å². The standard InChI is InChI=1S/C24H23ClN6O4S2/c1-2-34-24(33)30-11-9-29(10-12-30)22(32)18-14-36-20(26-18)15-37-23-28-27-21(19-4-3-13-35-19)31(23)17-7-5-16(25)6-8-17/h3-8,13-14H,2,9-12,15H2,1H3. The van der Waals surface area contributed by atoms with Gasteiger partial charge in [-0.05, 0) is 43.3 Å². The van der Waals surface area contributed by atoms with Gasteiger partial charge in [-0.3, -0.25) is 9.36 Å². The van der Waals surface area contributed by atoms with Crippen molar-refractivity contribution in [1.29, 1.82) is 0 Å². The van der Waals surface area contributed by atoms with Crippen molar-refractivity contribution in [3.8, 4) is 17.3 Å². The second-order valence-corrected chi connectivity index (χ2v) is 10.3. The van der Waals surface area contributed by atoms with E-state index >= 15 is 0 Å². The van der Waals surface area contributed by atoms with Crippen molar-refractivity contribution in [2.24, 2.45) is 0 Å². The van der Waals surface area contributed by atoms with Crippen LogP contribution in [0.5, 0.6) is 0 Å². The molecule has 1 saturated heterocycles. The van der Waals surface area contributed by atoms with Crippen molar-refractivity contribution in [3.63, 3.8) is 0 Å². The number of thiazole rings is 1. The summed E-state index contributed by atoms with van der Waals surface area (Å²) in [7, 11) is 0. The summed E-state index contributed by atoms with van der Waals surface area (Å²) in [6, 6.07) is 11.0. The zero-order chi connectivity index (χ0) is 25.8. The van der Waals surface area contributed by atoms with Crippen molar-refractivity contribution in [3.05, 3.63) is 63.8 Å². The number of hydrogen-bond acceptors (Lipinski definition) is 9. The number of nitrogens with zero attached hydrogens (tertiary/aromatic N) is 6. The third-order valence-corrected chi connectivity index (χ3v) is 7.87. The van der Waals surface area contributed by atoms with Crippen LogP contribution in [0.2, 0.25) is 5.02 Å². The van der Waals surface area contributed by atoms with Crippen molar-refractivity contribution >= 4 is 46.7 Å². The number of piperazine rings is 1. The number of carbonyl (C=O) groups excluding carboxylic acids is 2. The van der Waals surface area contributed by atoms with Crippen molar-refractivity contribution < 1.29 is 18.7 Å². The molecule has 0 aliphatic carbocycles. The van der Waals surface area contributed by atoms with Gasteiger partial charge in [0.1, 0.15) is 10.7 Å². The lowest BCUT2D eigenvalue weighted by atomic mass is 10.3. The molecule has 13 heteroatoms. The minimum atomic E-state index is -0.343. The average molecular weight is 559 g/mol. The van der Waals surface area contributed by atoms with Gasteiger partial charge in [0.25, 0.3) is 5.91 Å². The first-order chi connectivity index (χ1) is 18.0. The third-order valence-electron chi connectivity index (χ3n) is 5.65. The Bertz CT molecular complexity index is 1360. The van der Waals surface area contributed by atoms with Crippen LogP contribution in [-0.2, 0) is 10.5 Å². The fourth-order valence-electron chi connectivity index (χ4n) is 3.82. The zero-order valence-electron chi connectivity index (χ0n) is 19.9. The van der Waals surface area contributed by atoms with Crippen LogP contribution in [0.15, 0.2) is 57.6 Å². The highest BCUT2D eigenvalue weighted by atomic mass is 35.5. The maximum Gasteiger partial charge on any atom is 0.409 e. The van der Waals surface area contributed by atoms with Crippen LogP contribution in [0.25, 0.3) is 17.3 Å². The Kier molecular flexibility index (Phi) is 7.77. The summed E-state index contributed by atoms with van der Waals surface area (Å²) in [6.07, 6.45) is 1.25. The van der Waals surface area contributed by atoms with E-state index in [2.05, 4.69) is 15.2 Å². The molecule has 37 heavy (non-hydrogen) atoms. The van der Waals surface area contributed by atoms with Gasteiger partial charge in [0, 0.05) is 42.3 Å². The number of furan rings is 1. The van der Waals surface area contributed by atoms with E-state index in [1.54, 1.807) is 34.4 Å². The van der Waals surface area contributed by atoms with Crippen LogP contribution in [-0.4, -0.2) is 74.3 Å². The fourth-order valence-corrected chi connectivity index (χ4v) is 5.69. The van der Waals surface area contributed by atoms with Gasteiger partial charge in [-0.25, -0.2) is 9.78 Å². The number of rotatable bonds is 7. The second kappa shape index (κ2) is 11.4. The van der Waals surface area contributed by atoms with Gasteiger partial charge in [0.2, 0.25) is 5.82 Å². The first kappa shape index (κ1) is 25.3. The maximum atomic E-state index is 13.0. The molecule has 10 nitrogen and oxygen atoms in total. The van der Waals surface area contributed by atoms with E-state index in [-0.39, 0.29) is 12.0 Å². The molecular weight excluding hydrogens is 536 g/mol. The van der Waals surface area contributed by atoms with Gasteiger partial charge in [-0.2, -0.15) is 0 Å². The van der Waals surface area contributed by atoms with Gasteiger partial charge >= 0.3 is 6.09 Å². The lowest BCUT2D eigenvalue weighted by Gasteiger charge is -2.33. The summed E-state index contributed by atoms with van der Waals surface area (Å²) in [5, 5.41) is 12.6. The van der Waals surface area contributed by atoms with Gasteiger partial charge in [-0.1, -0.05) is 23.4 Å². The Morgan fingerprint density at radius 1 is 1.11 bits per heavy atom. The minimum absolute atomic E-state index is 0.138. The monoisotopic (exact) mass is 558 g/mol. The van der Waals surface area contributed by atoms with Crippen LogP contribution in [0.3, 0.4) is 0 Å². The maximum absolute atomic E-state index is 13.0. The first-order valence-corrected chi connectivity index (χ1v) is 13.8. The molecule has 0 unspecified atom stereocenters. The van der Waals surface area contributed by atoms with Gasteiger partial charge in [-0.15, -0.1) is 21.5 Å². The average Bonchev–Trinajstić information content (AvgIpc) is 3.69. The molecule has 4 heterocycles. The number of carbonyl (C=O) groups is 2. The number of aromatic nitrogens is 4. The third kappa shape index (κ3) is 5.65. The summed E-state index contributed by atoms with van der Waals surface area (Å²) in [5.74, 6) is 1.55. The Hall–Kier alpha value is -3.35. The number of hydrogen-bond donors (Lipinski definition) is 0. The molecule has 1 aromatic carbocycles. The molecule has 0 saturated carbocycles. The molecule has 2 amide bonds. The van der Waals surface area contributed by atoms with Crippen LogP contribution in [0, 0.1) is 0 Å². The lowest BCUT2D eigenvalue weighted by Crippen LogP contribution is -2.50. The van der Waals surface area contributed by atoms with Crippen molar-refractivity contribution in [2.45, 2.75) is 17.8 Å². The van der Waals surface area contributed by atoms with Gasteiger partial charge in [0.05, 0.1) is 18.6 Å². The Balaban J connectivity index is 1.26. The Morgan fingerprint density at radius 3 is 2.57 bits per heavy atom. The molecule has 0 N–H and O–H groups in total. The van der Waals surface area contributed by atoms with E-state index in [1.807, 2.05) is 34.9 Å². The number of ether oxygens (including phenoxy) is 1. The molecular formula is C24H23ClN6O4S2. The second-order valence-electron chi connectivity index (χ2n) is 7.99. The highest BCUT2D eigenvalue weighted by molar-refractivity contribution is 7.98. The smallest absolute Gasteiger partial charge is 0.409 e. The van der Waals surface area contributed by atoms with Crippen LogP contribution < -0.4 is 0 Å². The topological polar surface area (TPSA) is 107 Å². The van der Waals surface area contributed by atoms with Crippen LogP contribution >= 0.6 is 34.7 Å². The minimum Gasteiger partial charge on any atom is -0.461 e. The predicted octanol–water partition coefficient (Wildman–Crippen LogP) is 4.84. The van der Waals surface area contributed by atoms with E-state index in [0.717, 1.165) is 10.7 Å².